The fourth-order valence-corrected chi connectivity index (χ4v) is 3.45. The maximum Gasteiger partial charge on any atom is 0.257 e. The van der Waals surface area contributed by atoms with E-state index in [2.05, 4.69) is 10.1 Å². The van der Waals surface area contributed by atoms with Gasteiger partial charge in [-0.2, -0.15) is 4.98 Å². The number of hydrogen-bond donors (Lipinski definition) is 0. The molecule has 2 heterocycles. The van der Waals surface area contributed by atoms with Gasteiger partial charge in [-0.3, -0.25) is 4.79 Å². The van der Waals surface area contributed by atoms with E-state index >= 15 is 0 Å². The first-order valence-corrected chi connectivity index (χ1v) is 9.07. The summed E-state index contributed by atoms with van der Waals surface area (Å²) in [6.07, 6.45) is 1.46. The summed E-state index contributed by atoms with van der Waals surface area (Å²) in [4.78, 5) is 18.9. The highest BCUT2D eigenvalue weighted by Gasteiger charge is 2.35. The minimum Gasteiger partial charge on any atom is -0.337 e. The Morgan fingerprint density at radius 2 is 2.04 bits per heavy atom. The molecular formula is C20H17ClFN3O2. The molecule has 7 heteroatoms. The van der Waals surface area contributed by atoms with Crippen molar-refractivity contribution in [3.8, 4) is 11.4 Å². The molecule has 3 aromatic rings. The minimum atomic E-state index is -0.596. The summed E-state index contributed by atoms with van der Waals surface area (Å²) in [7, 11) is 0. The van der Waals surface area contributed by atoms with Crippen molar-refractivity contribution in [1.29, 1.82) is 0 Å². The fraction of sp³-hybridized carbons (Fsp3) is 0.250. The van der Waals surface area contributed by atoms with Gasteiger partial charge < -0.3 is 9.42 Å². The topological polar surface area (TPSA) is 59.2 Å². The maximum absolute atomic E-state index is 14.1. The second-order valence-corrected chi connectivity index (χ2v) is 7.04. The van der Waals surface area contributed by atoms with Gasteiger partial charge in [-0.1, -0.05) is 46.6 Å². The van der Waals surface area contributed by atoms with Crippen LogP contribution in [0.2, 0.25) is 5.02 Å². The van der Waals surface area contributed by atoms with Crippen LogP contribution >= 0.6 is 11.6 Å². The molecule has 5 nitrogen and oxygen atoms in total. The van der Waals surface area contributed by atoms with Crippen LogP contribution < -0.4 is 0 Å². The smallest absolute Gasteiger partial charge is 0.257 e. The molecule has 1 aliphatic heterocycles. The van der Waals surface area contributed by atoms with Crippen LogP contribution in [0.5, 0.6) is 0 Å². The normalized spacial score (nSPS) is 16.7. The Labute approximate surface area is 160 Å². The standard InChI is InChI=1S/C20H17ClFN3O2/c1-12-4-6-13(7-5-12)18-23-19(27-24-18)17-3-2-10-25(17)20(26)15-11-14(21)8-9-16(15)22/h4-9,11,17H,2-3,10H2,1H3/t17-/m1/s1. The van der Waals surface area contributed by atoms with Crippen LogP contribution in [-0.4, -0.2) is 27.5 Å². The Kier molecular flexibility index (Phi) is 4.66. The summed E-state index contributed by atoms with van der Waals surface area (Å²) in [6.45, 7) is 2.50. The number of likely N-dealkylation sites (tertiary alicyclic amines) is 1. The molecule has 1 amide bonds. The highest BCUT2D eigenvalue weighted by atomic mass is 35.5. The van der Waals surface area contributed by atoms with Crippen LogP contribution in [0.4, 0.5) is 4.39 Å². The molecule has 27 heavy (non-hydrogen) atoms. The first-order valence-electron chi connectivity index (χ1n) is 8.69. The number of halogens is 2. The van der Waals surface area contributed by atoms with Crippen molar-refractivity contribution in [3.63, 3.8) is 0 Å². The monoisotopic (exact) mass is 385 g/mol. The molecule has 1 aromatic heterocycles. The molecule has 0 bridgehead atoms. The second kappa shape index (κ2) is 7.12. The van der Waals surface area contributed by atoms with Gasteiger partial charge in [-0.25, -0.2) is 4.39 Å². The third-order valence-corrected chi connectivity index (χ3v) is 4.94. The average Bonchev–Trinajstić information content (AvgIpc) is 3.32. The number of rotatable bonds is 3. The van der Waals surface area contributed by atoms with Gasteiger partial charge in [0.2, 0.25) is 11.7 Å². The van der Waals surface area contributed by atoms with Crippen molar-refractivity contribution in [2.75, 3.05) is 6.54 Å². The fourth-order valence-electron chi connectivity index (χ4n) is 3.27. The van der Waals surface area contributed by atoms with E-state index in [4.69, 9.17) is 16.1 Å². The number of carbonyl (C=O) groups is 1. The van der Waals surface area contributed by atoms with E-state index in [1.54, 1.807) is 4.90 Å². The summed E-state index contributed by atoms with van der Waals surface area (Å²) in [5, 5.41) is 4.35. The summed E-state index contributed by atoms with van der Waals surface area (Å²) < 4.78 is 19.5. The van der Waals surface area contributed by atoms with E-state index in [1.165, 1.54) is 18.2 Å². The predicted molar refractivity (Wildman–Crippen MR) is 98.9 cm³/mol. The molecule has 0 N–H and O–H groups in total. The number of carbonyl (C=O) groups excluding carboxylic acids is 1. The number of amides is 1. The van der Waals surface area contributed by atoms with Crippen LogP contribution in [0.25, 0.3) is 11.4 Å². The zero-order chi connectivity index (χ0) is 19.0. The lowest BCUT2D eigenvalue weighted by Crippen LogP contribution is -2.31. The van der Waals surface area contributed by atoms with E-state index in [1.807, 2.05) is 31.2 Å². The van der Waals surface area contributed by atoms with Crippen LogP contribution in [0, 0.1) is 12.7 Å². The van der Waals surface area contributed by atoms with E-state index in [0.29, 0.717) is 29.7 Å². The van der Waals surface area contributed by atoms with Gasteiger partial charge in [0.15, 0.2) is 0 Å². The predicted octanol–water partition coefficient (Wildman–Crippen LogP) is 4.81. The highest BCUT2D eigenvalue weighted by molar-refractivity contribution is 6.31. The van der Waals surface area contributed by atoms with Crippen LogP contribution in [-0.2, 0) is 0 Å². The number of benzene rings is 2. The van der Waals surface area contributed by atoms with Crippen LogP contribution in [0.15, 0.2) is 47.0 Å². The van der Waals surface area contributed by atoms with E-state index in [-0.39, 0.29) is 11.6 Å². The third-order valence-electron chi connectivity index (χ3n) is 4.71. The van der Waals surface area contributed by atoms with Gasteiger partial charge in [0.25, 0.3) is 5.91 Å². The molecular weight excluding hydrogens is 369 g/mol. The van der Waals surface area contributed by atoms with Crippen molar-refractivity contribution < 1.29 is 13.7 Å². The number of aromatic nitrogens is 2. The molecule has 0 unspecified atom stereocenters. The molecule has 0 saturated carbocycles. The summed E-state index contributed by atoms with van der Waals surface area (Å²) in [6, 6.07) is 11.4. The summed E-state index contributed by atoms with van der Waals surface area (Å²) in [5.41, 5.74) is 1.93. The average molecular weight is 386 g/mol. The van der Waals surface area contributed by atoms with Gasteiger partial charge in [0.1, 0.15) is 11.9 Å². The molecule has 138 valence electrons. The van der Waals surface area contributed by atoms with Crippen molar-refractivity contribution in [1.82, 2.24) is 15.0 Å². The molecule has 0 spiro atoms. The SMILES string of the molecule is Cc1ccc(-c2noc([C@H]3CCCN3C(=O)c3cc(Cl)ccc3F)n2)cc1. The van der Waals surface area contributed by atoms with Crippen molar-refractivity contribution in [2.45, 2.75) is 25.8 Å². The highest BCUT2D eigenvalue weighted by Crippen LogP contribution is 2.34. The number of aryl methyl sites for hydroxylation is 1. The first-order chi connectivity index (χ1) is 13.0. The minimum absolute atomic E-state index is 0.0485. The molecule has 4 rings (SSSR count). The van der Waals surface area contributed by atoms with Gasteiger partial charge in [0.05, 0.1) is 5.56 Å². The molecule has 1 atom stereocenters. The summed E-state index contributed by atoms with van der Waals surface area (Å²) >= 11 is 5.92. The van der Waals surface area contributed by atoms with E-state index in [9.17, 15) is 9.18 Å². The Balaban J connectivity index is 1.61. The molecule has 1 aliphatic rings. The molecule has 0 aliphatic carbocycles. The Hall–Kier alpha value is -2.73. The number of nitrogens with zero attached hydrogens (tertiary/aromatic N) is 3. The lowest BCUT2D eigenvalue weighted by atomic mass is 10.1. The Bertz CT molecular complexity index is 987. The zero-order valence-corrected chi connectivity index (χ0v) is 15.4. The van der Waals surface area contributed by atoms with Crippen LogP contribution in [0.3, 0.4) is 0 Å². The lowest BCUT2D eigenvalue weighted by Gasteiger charge is -2.22. The van der Waals surface area contributed by atoms with Gasteiger partial charge in [0, 0.05) is 17.1 Å². The Morgan fingerprint density at radius 3 is 2.81 bits per heavy atom. The molecule has 1 fully saturated rings. The summed E-state index contributed by atoms with van der Waals surface area (Å²) in [5.74, 6) is -0.189. The van der Waals surface area contributed by atoms with Gasteiger partial charge >= 0.3 is 0 Å². The first kappa shape index (κ1) is 17.7. The second-order valence-electron chi connectivity index (χ2n) is 6.60. The van der Waals surface area contributed by atoms with E-state index < -0.39 is 11.7 Å². The van der Waals surface area contributed by atoms with Gasteiger partial charge in [-0.05, 0) is 38.0 Å². The largest absolute Gasteiger partial charge is 0.337 e. The maximum atomic E-state index is 14.1. The van der Waals surface area contributed by atoms with Crippen molar-refractivity contribution in [3.05, 3.63) is 70.3 Å². The quantitative estimate of drug-likeness (QED) is 0.648. The van der Waals surface area contributed by atoms with Crippen molar-refractivity contribution in [2.24, 2.45) is 0 Å². The number of hydrogen-bond acceptors (Lipinski definition) is 4. The molecule has 2 aromatic carbocycles. The lowest BCUT2D eigenvalue weighted by molar-refractivity contribution is 0.0705. The molecule has 0 radical (unpaired) electrons. The zero-order valence-electron chi connectivity index (χ0n) is 14.7. The van der Waals surface area contributed by atoms with E-state index in [0.717, 1.165) is 17.5 Å². The third kappa shape index (κ3) is 3.45. The molecule has 1 saturated heterocycles. The van der Waals surface area contributed by atoms with Crippen LogP contribution in [0.1, 0.15) is 40.7 Å². The van der Waals surface area contributed by atoms with Crippen molar-refractivity contribution >= 4 is 17.5 Å². The Morgan fingerprint density at radius 1 is 1.26 bits per heavy atom. The van der Waals surface area contributed by atoms with Gasteiger partial charge in [-0.15, -0.1) is 0 Å².